The maximum atomic E-state index is 14.0. The maximum Gasteiger partial charge on any atom is 0.272 e. The molecule has 9 heteroatoms. The van der Waals surface area contributed by atoms with Crippen molar-refractivity contribution in [3.63, 3.8) is 0 Å². The molecule has 4 aromatic carbocycles. The minimum Gasteiger partial charge on any atom is -0.493 e. The van der Waals surface area contributed by atoms with Crippen molar-refractivity contribution in [2.45, 2.75) is 24.0 Å². The highest BCUT2D eigenvalue weighted by atomic mass is 32.2. The first-order chi connectivity index (χ1) is 20.3. The standard InChI is InChI=1S/C33H30FN3O4S/c1-3-41-30-19-10-7-14-24(30)20-29(37-32(39)23-12-5-4-6-13-23)33(40)35-25-15-11-16-26(21-25)42-22(2)31(38)36-28-18-9-8-17-27(28)34/h4-22H,3H2,1-2H3,(H,35,40)(H,36,38)(H,37,39)/b29-20+. The van der Waals surface area contributed by atoms with Crippen molar-refractivity contribution in [2.24, 2.45) is 0 Å². The van der Waals surface area contributed by atoms with E-state index in [0.29, 0.717) is 34.1 Å². The van der Waals surface area contributed by atoms with Crippen LogP contribution in [0.4, 0.5) is 15.8 Å². The van der Waals surface area contributed by atoms with Crippen LogP contribution in [0.5, 0.6) is 5.75 Å². The van der Waals surface area contributed by atoms with Gasteiger partial charge >= 0.3 is 0 Å². The number of halogens is 1. The quantitative estimate of drug-likeness (QED) is 0.134. The Morgan fingerprint density at radius 1 is 0.881 bits per heavy atom. The molecule has 0 heterocycles. The molecule has 1 unspecified atom stereocenters. The highest BCUT2D eigenvalue weighted by Gasteiger charge is 2.18. The van der Waals surface area contributed by atoms with Crippen molar-refractivity contribution >= 4 is 46.9 Å². The molecule has 42 heavy (non-hydrogen) atoms. The number of carbonyl (C=O) groups is 3. The number of hydrogen-bond acceptors (Lipinski definition) is 5. The van der Waals surface area contributed by atoms with Gasteiger partial charge in [-0.2, -0.15) is 0 Å². The smallest absolute Gasteiger partial charge is 0.272 e. The predicted octanol–water partition coefficient (Wildman–Crippen LogP) is 6.75. The number of amides is 3. The van der Waals surface area contributed by atoms with Crippen LogP contribution in [0.25, 0.3) is 6.08 Å². The van der Waals surface area contributed by atoms with Gasteiger partial charge in [0.25, 0.3) is 11.8 Å². The summed E-state index contributed by atoms with van der Waals surface area (Å²) in [5.41, 5.74) is 1.61. The molecular weight excluding hydrogens is 553 g/mol. The zero-order chi connectivity index (χ0) is 29.9. The van der Waals surface area contributed by atoms with Gasteiger partial charge in [0, 0.05) is 21.7 Å². The van der Waals surface area contributed by atoms with Crippen LogP contribution in [-0.2, 0) is 9.59 Å². The maximum absolute atomic E-state index is 14.0. The summed E-state index contributed by atoms with van der Waals surface area (Å²) < 4.78 is 19.7. The monoisotopic (exact) mass is 583 g/mol. The number of thioether (sulfide) groups is 1. The average molecular weight is 584 g/mol. The average Bonchev–Trinajstić information content (AvgIpc) is 2.99. The first-order valence-corrected chi connectivity index (χ1v) is 14.2. The second-order valence-corrected chi connectivity index (χ2v) is 10.5. The fourth-order valence-corrected chi connectivity index (χ4v) is 4.81. The highest BCUT2D eigenvalue weighted by Crippen LogP contribution is 2.27. The molecule has 0 aliphatic carbocycles. The van der Waals surface area contributed by atoms with Gasteiger partial charge in [-0.1, -0.05) is 54.6 Å². The van der Waals surface area contributed by atoms with Gasteiger partial charge in [0.05, 0.1) is 17.5 Å². The minimum absolute atomic E-state index is 0.0201. The molecule has 0 saturated heterocycles. The van der Waals surface area contributed by atoms with Crippen molar-refractivity contribution in [3.05, 3.63) is 126 Å². The SMILES string of the molecule is CCOc1ccccc1/C=C(/NC(=O)c1ccccc1)C(=O)Nc1cccc(SC(C)C(=O)Nc2ccccc2F)c1. The van der Waals surface area contributed by atoms with E-state index in [1.54, 1.807) is 91.9 Å². The number of carbonyl (C=O) groups excluding carboxylic acids is 3. The van der Waals surface area contributed by atoms with E-state index in [9.17, 15) is 18.8 Å². The molecule has 0 aliphatic heterocycles. The summed E-state index contributed by atoms with van der Waals surface area (Å²) in [5, 5.41) is 7.61. The van der Waals surface area contributed by atoms with Crippen LogP contribution in [-0.4, -0.2) is 29.6 Å². The fraction of sp³-hybridized carbons (Fsp3) is 0.121. The first-order valence-electron chi connectivity index (χ1n) is 13.3. The lowest BCUT2D eigenvalue weighted by Crippen LogP contribution is -2.30. The molecule has 0 bridgehead atoms. The van der Waals surface area contributed by atoms with Gasteiger partial charge in [0.1, 0.15) is 17.3 Å². The molecule has 0 spiro atoms. The number of para-hydroxylation sites is 2. The molecule has 0 fully saturated rings. The van der Waals surface area contributed by atoms with Crippen LogP contribution in [0.3, 0.4) is 0 Å². The predicted molar refractivity (Wildman–Crippen MR) is 165 cm³/mol. The van der Waals surface area contributed by atoms with E-state index in [2.05, 4.69) is 16.0 Å². The molecule has 214 valence electrons. The molecule has 0 radical (unpaired) electrons. The molecule has 7 nitrogen and oxygen atoms in total. The van der Waals surface area contributed by atoms with E-state index in [1.807, 2.05) is 19.1 Å². The van der Waals surface area contributed by atoms with E-state index < -0.39 is 22.9 Å². The van der Waals surface area contributed by atoms with Gasteiger partial charge in [-0.15, -0.1) is 11.8 Å². The topological polar surface area (TPSA) is 96.5 Å². The van der Waals surface area contributed by atoms with Crippen LogP contribution in [0.15, 0.2) is 114 Å². The third-order valence-corrected chi connectivity index (χ3v) is 7.05. The van der Waals surface area contributed by atoms with Gasteiger partial charge in [-0.3, -0.25) is 14.4 Å². The largest absolute Gasteiger partial charge is 0.493 e. The Bertz CT molecular complexity index is 1590. The van der Waals surface area contributed by atoms with Crippen LogP contribution >= 0.6 is 11.8 Å². The van der Waals surface area contributed by atoms with Crippen LogP contribution in [0, 0.1) is 5.82 Å². The fourth-order valence-electron chi connectivity index (χ4n) is 3.88. The Kier molecular flexibility index (Phi) is 10.5. The van der Waals surface area contributed by atoms with Crippen LogP contribution in [0.1, 0.15) is 29.8 Å². The lowest BCUT2D eigenvalue weighted by molar-refractivity contribution is -0.115. The van der Waals surface area contributed by atoms with Crippen LogP contribution < -0.4 is 20.7 Å². The zero-order valence-electron chi connectivity index (χ0n) is 23.1. The normalized spacial score (nSPS) is 11.7. The highest BCUT2D eigenvalue weighted by molar-refractivity contribution is 8.00. The molecule has 3 N–H and O–H groups in total. The Morgan fingerprint density at radius 3 is 2.36 bits per heavy atom. The van der Waals surface area contributed by atoms with Crippen LogP contribution in [0.2, 0.25) is 0 Å². The third kappa shape index (κ3) is 8.31. The Morgan fingerprint density at radius 2 is 1.60 bits per heavy atom. The van der Waals surface area contributed by atoms with Gasteiger partial charge in [0.2, 0.25) is 5.91 Å². The van der Waals surface area contributed by atoms with E-state index in [-0.39, 0.29) is 17.3 Å². The molecule has 0 aliphatic rings. The Labute approximate surface area is 248 Å². The molecule has 3 amide bonds. The molecule has 4 aromatic rings. The lowest BCUT2D eigenvalue weighted by atomic mass is 10.1. The number of benzene rings is 4. The molecule has 0 saturated carbocycles. The Balaban J connectivity index is 1.52. The molecule has 1 atom stereocenters. The zero-order valence-corrected chi connectivity index (χ0v) is 23.9. The first kappa shape index (κ1) is 30.1. The summed E-state index contributed by atoms with van der Waals surface area (Å²) in [5.74, 6) is -1.29. The number of nitrogens with one attached hydrogen (secondary N) is 3. The number of ether oxygens (including phenoxy) is 1. The van der Waals surface area contributed by atoms with E-state index in [1.165, 1.54) is 23.9 Å². The number of hydrogen-bond donors (Lipinski definition) is 3. The summed E-state index contributed by atoms with van der Waals surface area (Å²) >= 11 is 1.26. The van der Waals surface area contributed by atoms with Gasteiger partial charge < -0.3 is 20.7 Å². The minimum atomic E-state index is -0.550. The summed E-state index contributed by atoms with van der Waals surface area (Å²) in [4.78, 5) is 39.8. The molecule has 0 aromatic heterocycles. The molecular formula is C33H30FN3O4S. The summed E-state index contributed by atoms with van der Waals surface area (Å²) in [6.45, 7) is 4.01. The van der Waals surface area contributed by atoms with Gasteiger partial charge in [-0.05, 0) is 68.5 Å². The number of anilines is 2. The van der Waals surface area contributed by atoms with Gasteiger partial charge in [0.15, 0.2) is 0 Å². The van der Waals surface area contributed by atoms with E-state index >= 15 is 0 Å². The second-order valence-electron chi connectivity index (χ2n) is 9.06. The van der Waals surface area contributed by atoms with Crippen molar-refractivity contribution in [2.75, 3.05) is 17.2 Å². The van der Waals surface area contributed by atoms with Crippen molar-refractivity contribution in [3.8, 4) is 5.75 Å². The second kappa shape index (κ2) is 14.7. The van der Waals surface area contributed by atoms with E-state index in [4.69, 9.17) is 4.74 Å². The lowest BCUT2D eigenvalue weighted by Gasteiger charge is -2.15. The van der Waals surface area contributed by atoms with E-state index in [0.717, 1.165) is 0 Å². The Hall–Kier alpha value is -4.89. The summed E-state index contributed by atoms with van der Waals surface area (Å²) in [6.07, 6.45) is 1.56. The van der Waals surface area contributed by atoms with Gasteiger partial charge in [-0.25, -0.2) is 4.39 Å². The number of rotatable bonds is 11. The molecule has 4 rings (SSSR count). The van der Waals surface area contributed by atoms with Crippen molar-refractivity contribution < 1.29 is 23.5 Å². The summed E-state index contributed by atoms with van der Waals surface area (Å²) in [7, 11) is 0. The van der Waals surface area contributed by atoms with Crippen molar-refractivity contribution in [1.82, 2.24) is 5.32 Å². The third-order valence-electron chi connectivity index (χ3n) is 5.95. The summed E-state index contributed by atoms with van der Waals surface area (Å²) in [6, 6.07) is 28.7. The van der Waals surface area contributed by atoms with Crippen molar-refractivity contribution in [1.29, 1.82) is 0 Å².